The third kappa shape index (κ3) is 2.91. The summed E-state index contributed by atoms with van der Waals surface area (Å²) in [6.07, 6.45) is 0. The highest BCUT2D eigenvalue weighted by molar-refractivity contribution is 4.76. The van der Waals surface area contributed by atoms with Gasteiger partial charge in [-0.25, -0.2) is 0 Å². The van der Waals surface area contributed by atoms with Crippen molar-refractivity contribution in [3.63, 3.8) is 0 Å². The van der Waals surface area contributed by atoms with E-state index in [9.17, 15) is 0 Å². The molecule has 2 fully saturated rings. The van der Waals surface area contributed by atoms with Gasteiger partial charge in [0.1, 0.15) is 0 Å². The Labute approximate surface area is 80.1 Å². The van der Waals surface area contributed by atoms with Gasteiger partial charge in [0.25, 0.3) is 0 Å². The Morgan fingerprint density at radius 3 is 2.38 bits per heavy atom. The van der Waals surface area contributed by atoms with Crippen LogP contribution in [0.5, 0.6) is 0 Å². The Hall–Kier alpha value is -0.160. The minimum Gasteiger partial charge on any atom is -0.314 e. The van der Waals surface area contributed by atoms with E-state index < -0.39 is 0 Å². The van der Waals surface area contributed by atoms with Gasteiger partial charge in [0.15, 0.2) is 0 Å². The van der Waals surface area contributed by atoms with Gasteiger partial charge in [0.05, 0.1) is 0 Å². The molecule has 2 rings (SSSR count). The molecule has 0 saturated carbocycles. The largest absolute Gasteiger partial charge is 0.314 e. The van der Waals surface area contributed by atoms with Crippen molar-refractivity contribution in [2.75, 3.05) is 52.5 Å². The van der Waals surface area contributed by atoms with Crippen LogP contribution in [0.3, 0.4) is 0 Å². The van der Waals surface area contributed by atoms with Gasteiger partial charge in [-0.15, -0.1) is 0 Å². The summed E-state index contributed by atoms with van der Waals surface area (Å²) in [5, 5.41) is 10.1. The van der Waals surface area contributed by atoms with Crippen LogP contribution in [-0.2, 0) is 0 Å². The molecule has 0 bridgehead atoms. The molecule has 0 aromatic heterocycles. The van der Waals surface area contributed by atoms with Crippen molar-refractivity contribution in [1.82, 2.24) is 20.9 Å². The molecule has 0 unspecified atom stereocenters. The fourth-order valence-corrected chi connectivity index (χ4v) is 2.10. The summed E-state index contributed by atoms with van der Waals surface area (Å²) in [4.78, 5) is 2.57. The standard InChI is InChI=1S/C9H20N4/c1-3-13(4-2-10-1)7-9-5-11-8-12-6-9/h9-12H,1-8H2. The molecule has 2 saturated heterocycles. The maximum Gasteiger partial charge on any atom is 0.0454 e. The number of hydrogen-bond donors (Lipinski definition) is 3. The summed E-state index contributed by atoms with van der Waals surface area (Å²) in [5.41, 5.74) is 0. The molecule has 0 atom stereocenters. The Morgan fingerprint density at radius 1 is 1.00 bits per heavy atom. The zero-order chi connectivity index (χ0) is 8.93. The second-order valence-electron chi connectivity index (χ2n) is 4.00. The maximum atomic E-state index is 3.38. The van der Waals surface area contributed by atoms with E-state index in [-0.39, 0.29) is 0 Å². The van der Waals surface area contributed by atoms with E-state index in [1.165, 1.54) is 32.7 Å². The van der Waals surface area contributed by atoms with Gasteiger partial charge in [0, 0.05) is 52.5 Å². The molecule has 3 N–H and O–H groups in total. The number of hydrogen-bond acceptors (Lipinski definition) is 4. The lowest BCUT2D eigenvalue weighted by atomic mass is 10.1. The minimum atomic E-state index is 0.798. The molecule has 4 nitrogen and oxygen atoms in total. The van der Waals surface area contributed by atoms with Gasteiger partial charge in [-0.05, 0) is 5.92 Å². The molecule has 0 aromatic rings. The molecule has 2 heterocycles. The van der Waals surface area contributed by atoms with E-state index in [0.717, 1.165) is 25.7 Å². The molecule has 0 spiro atoms. The summed E-state index contributed by atoms with van der Waals surface area (Å²) < 4.78 is 0. The maximum absolute atomic E-state index is 3.38. The fourth-order valence-electron chi connectivity index (χ4n) is 2.10. The number of nitrogens with zero attached hydrogens (tertiary/aromatic N) is 1. The predicted octanol–water partition coefficient (Wildman–Crippen LogP) is -1.34. The molecule has 76 valence electrons. The third-order valence-corrected chi connectivity index (χ3v) is 2.84. The van der Waals surface area contributed by atoms with Crippen molar-refractivity contribution in [2.24, 2.45) is 5.92 Å². The summed E-state index contributed by atoms with van der Waals surface area (Å²) in [5.74, 6) is 0.798. The lowest BCUT2D eigenvalue weighted by Crippen LogP contribution is -2.51. The quantitative estimate of drug-likeness (QED) is 0.497. The average molecular weight is 184 g/mol. The number of piperazine rings is 1. The van der Waals surface area contributed by atoms with Gasteiger partial charge >= 0.3 is 0 Å². The average Bonchev–Trinajstić information content (AvgIpc) is 2.21. The first-order chi connectivity index (χ1) is 6.45. The van der Waals surface area contributed by atoms with Crippen molar-refractivity contribution in [1.29, 1.82) is 0 Å². The van der Waals surface area contributed by atoms with Crippen molar-refractivity contribution in [3.05, 3.63) is 0 Å². The molecule has 13 heavy (non-hydrogen) atoms. The number of rotatable bonds is 2. The summed E-state index contributed by atoms with van der Waals surface area (Å²) in [7, 11) is 0. The fraction of sp³-hybridized carbons (Fsp3) is 1.00. The Kier molecular flexibility index (Phi) is 3.55. The minimum absolute atomic E-state index is 0.798. The van der Waals surface area contributed by atoms with Crippen LogP contribution in [0.1, 0.15) is 0 Å². The second kappa shape index (κ2) is 4.91. The van der Waals surface area contributed by atoms with Gasteiger partial charge in [-0.3, -0.25) is 0 Å². The summed E-state index contributed by atoms with van der Waals surface area (Å²) in [6.45, 7) is 9.35. The predicted molar refractivity (Wildman–Crippen MR) is 53.7 cm³/mol. The van der Waals surface area contributed by atoms with E-state index in [1.807, 2.05) is 0 Å². The molecule has 0 aromatic carbocycles. The molecular formula is C9H20N4. The molecule has 0 aliphatic carbocycles. The van der Waals surface area contributed by atoms with E-state index in [2.05, 4.69) is 20.9 Å². The molecule has 2 aliphatic heterocycles. The van der Waals surface area contributed by atoms with Crippen molar-refractivity contribution in [3.8, 4) is 0 Å². The van der Waals surface area contributed by atoms with Crippen molar-refractivity contribution >= 4 is 0 Å². The van der Waals surface area contributed by atoms with Crippen LogP contribution in [0.25, 0.3) is 0 Å². The monoisotopic (exact) mass is 184 g/mol. The topological polar surface area (TPSA) is 39.3 Å². The SMILES string of the molecule is C1CN(CC2CNCNC2)CCN1. The van der Waals surface area contributed by atoms with Crippen molar-refractivity contribution < 1.29 is 0 Å². The van der Waals surface area contributed by atoms with Gasteiger partial charge in [-0.1, -0.05) is 0 Å². The highest BCUT2D eigenvalue weighted by Crippen LogP contribution is 2.02. The van der Waals surface area contributed by atoms with Crippen LogP contribution in [0.2, 0.25) is 0 Å². The normalized spacial score (nSPS) is 27.7. The van der Waals surface area contributed by atoms with Crippen LogP contribution in [0, 0.1) is 5.92 Å². The van der Waals surface area contributed by atoms with Crippen LogP contribution < -0.4 is 16.0 Å². The summed E-state index contributed by atoms with van der Waals surface area (Å²) in [6, 6.07) is 0. The smallest absolute Gasteiger partial charge is 0.0454 e. The Morgan fingerprint density at radius 2 is 1.69 bits per heavy atom. The van der Waals surface area contributed by atoms with Crippen molar-refractivity contribution in [2.45, 2.75) is 0 Å². The third-order valence-electron chi connectivity index (χ3n) is 2.84. The molecule has 0 radical (unpaired) electrons. The number of nitrogens with one attached hydrogen (secondary N) is 3. The zero-order valence-electron chi connectivity index (χ0n) is 8.18. The summed E-state index contributed by atoms with van der Waals surface area (Å²) >= 11 is 0. The van der Waals surface area contributed by atoms with E-state index in [0.29, 0.717) is 0 Å². The highest BCUT2D eigenvalue weighted by atomic mass is 15.2. The Balaban J connectivity index is 1.69. The first kappa shape index (κ1) is 9.40. The molecule has 4 heteroatoms. The van der Waals surface area contributed by atoms with Gasteiger partial charge in [0.2, 0.25) is 0 Å². The molecule has 0 amide bonds. The lowest BCUT2D eigenvalue weighted by Gasteiger charge is -2.33. The van der Waals surface area contributed by atoms with Gasteiger partial charge < -0.3 is 20.9 Å². The first-order valence-electron chi connectivity index (χ1n) is 5.29. The van der Waals surface area contributed by atoms with Crippen LogP contribution in [0.4, 0.5) is 0 Å². The molecular weight excluding hydrogens is 164 g/mol. The first-order valence-corrected chi connectivity index (χ1v) is 5.29. The Bertz CT molecular complexity index is 123. The highest BCUT2D eigenvalue weighted by Gasteiger charge is 2.17. The van der Waals surface area contributed by atoms with Crippen LogP contribution in [-0.4, -0.2) is 57.4 Å². The van der Waals surface area contributed by atoms with E-state index in [4.69, 9.17) is 0 Å². The second-order valence-corrected chi connectivity index (χ2v) is 4.00. The van der Waals surface area contributed by atoms with E-state index in [1.54, 1.807) is 0 Å². The van der Waals surface area contributed by atoms with Crippen LogP contribution >= 0.6 is 0 Å². The lowest BCUT2D eigenvalue weighted by molar-refractivity contribution is 0.191. The van der Waals surface area contributed by atoms with Crippen LogP contribution in [0.15, 0.2) is 0 Å². The zero-order valence-corrected chi connectivity index (χ0v) is 8.18. The van der Waals surface area contributed by atoms with E-state index >= 15 is 0 Å². The molecule has 2 aliphatic rings. The van der Waals surface area contributed by atoms with Gasteiger partial charge in [-0.2, -0.15) is 0 Å².